The smallest absolute Gasteiger partial charge is 0.410 e. The van der Waals surface area contributed by atoms with Crippen LogP contribution in [-0.4, -0.2) is 113 Å². The Labute approximate surface area is 177 Å². The molecule has 0 aromatic carbocycles. The average Bonchev–Trinajstić information content (AvgIpc) is 3.22. The number of carbonyl (C=O) groups is 3. The van der Waals surface area contributed by atoms with Gasteiger partial charge in [-0.05, 0) is 27.7 Å². The highest BCUT2D eigenvalue weighted by Crippen LogP contribution is 2.29. The average molecular weight is 424 g/mol. The summed E-state index contributed by atoms with van der Waals surface area (Å²) in [5.41, 5.74) is 2.86. The van der Waals surface area contributed by atoms with Crippen LogP contribution in [0.2, 0.25) is 0 Å². The lowest BCUT2D eigenvalue weighted by molar-refractivity contribution is -0.145. The fourth-order valence-electron chi connectivity index (χ4n) is 4.91. The molecule has 168 valence electrons. The lowest BCUT2D eigenvalue weighted by Gasteiger charge is -2.44. The standard InChI is InChI=1S/C20H33N5O5/c1-13-9-25-16(11-23(13)19(28)30-20(2,3)4)15(8-21-25)24-10-14(7-17(24)26)22-5-6-29-12-18(22)27/h13-16,21H,5-12H2,1-4H3/t13-,14?,15?,16?/m0/s1. The van der Waals surface area contributed by atoms with E-state index >= 15 is 0 Å². The van der Waals surface area contributed by atoms with Crippen LogP contribution in [0.25, 0.3) is 0 Å². The summed E-state index contributed by atoms with van der Waals surface area (Å²) >= 11 is 0. The predicted molar refractivity (Wildman–Crippen MR) is 107 cm³/mol. The van der Waals surface area contributed by atoms with Gasteiger partial charge in [-0.25, -0.2) is 9.80 Å². The van der Waals surface area contributed by atoms with Crippen LogP contribution in [0, 0.1) is 0 Å². The van der Waals surface area contributed by atoms with E-state index in [1.165, 1.54) is 0 Å². The van der Waals surface area contributed by atoms with E-state index in [2.05, 4.69) is 10.4 Å². The molecule has 30 heavy (non-hydrogen) atoms. The van der Waals surface area contributed by atoms with Crippen LogP contribution >= 0.6 is 0 Å². The zero-order valence-corrected chi connectivity index (χ0v) is 18.3. The lowest BCUT2D eigenvalue weighted by Crippen LogP contribution is -2.62. The number of piperazine rings is 1. The van der Waals surface area contributed by atoms with Crippen molar-refractivity contribution in [3.8, 4) is 0 Å². The molecule has 3 unspecified atom stereocenters. The molecular formula is C20H33N5O5. The molecule has 3 amide bonds. The number of carbonyl (C=O) groups excluding carboxylic acids is 3. The fraction of sp³-hybridized carbons (Fsp3) is 0.850. The second-order valence-corrected chi connectivity index (χ2v) is 9.67. The Morgan fingerprint density at radius 1 is 1.10 bits per heavy atom. The van der Waals surface area contributed by atoms with Crippen molar-refractivity contribution in [1.29, 1.82) is 0 Å². The van der Waals surface area contributed by atoms with E-state index in [1.54, 1.807) is 9.80 Å². The zero-order valence-electron chi connectivity index (χ0n) is 18.3. The van der Waals surface area contributed by atoms with Crippen molar-refractivity contribution in [2.24, 2.45) is 0 Å². The molecule has 10 heteroatoms. The number of hydrogen-bond donors (Lipinski definition) is 1. The normalized spacial score (nSPS) is 33.3. The number of nitrogens with zero attached hydrogens (tertiary/aromatic N) is 4. The molecular weight excluding hydrogens is 390 g/mol. The van der Waals surface area contributed by atoms with Gasteiger partial charge in [-0.2, -0.15) is 0 Å². The summed E-state index contributed by atoms with van der Waals surface area (Å²) in [5, 5.41) is 2.15. The van der Waals surface area contributed by atoms with Crippen molar-refractivity contribution in [1.82, 2.24) is 25.1 Å². The van der Waals surface area contributed by atoms with Gasteiger partial charge in [0, 0.05) is 45.2 Å². The molecule has 4 saturated heterocycles. The number of fused-ring (bicyclic) bond motifs is 1. The van der Waals surface area contributed by atoms with Gasteiger partial charge in [0.1, 0.15) is 12.2 Å². The Kier molecular flexibility index (Phi) is 5.67. The monoisotopic (exact) mass is 423 g/mol. The van der Waals surface area contributed by atoms with Gasteiger partial charge in [0.15, 0.2) is 0 Å². The molecule has 0 radical (unpaired) electrons. The summed E-state index contributed by atoms with van der Waals surface area (Å²) in [4.78, 5) is 43.3. The molecule has 0 bridgehead atoms. The van der Waals surface area contributed by atoms with Crippen LogP contribution in [0.5, 0.6) is 0 Å². The van der Waals surface area contributed by atoms with Crippen LogP contribution in [0.1, 0.15) is 34.1 Å². The minimum Gasteiger partial charge on any atom is -0.444 e. The molecule has 10 nitrogen and oxygen atoms in total. The van der Waals surface area contributed by atoms with Gasteiger partial charge >= 0.3 is 6.09 Å². The van der Waals surface area contributed by atoms with Crippen molar-refractivity contribution in [2.45, 2.75) is 63.9 Å². The Hall–Kier alpha value is -1.91. The quantitative estimate of drug-likeness (QED) is 0.648. The first kappa shape index (κ1) is 21.3. The number of rotatable bonds is 2. The maximum atomic E-state index is 12.9. The Bertz CT molecular complexity index is 710. The first-order valence-corrected chi connectivity index (χ1v) is 10.8. The first-order valence-electron chi connectivity index (χ1n) is 10.8. The van der Waals surface area contributed by atoms with Crippen LogP contribution in [-0.2, 0) is 19.1 Å². The van der Waals surface area contributed by atoms with Gasteiger partial charge in [0.05, 0.1) is 24.7 Å². The third-order valence-electron chi connectivity index (χ3n) is 6.35. The lowest BCUT2D eigenvalue weighted by atomic mass is 10.0. The van der Waals surface area contributed by atoms with Gasteiger partial charge in [0.2, 0.25) is 11.8 Å². The molecule has 0 spiro atoms. The summed E-state index contributed by atoms with van der Waals surface area (Å²) in [6.45, 7) is 11.1. The van der Waals surface area contributed by atoms with E-state index in [9.17, 15) is 14.4 Å². The zero-order chi connectivity index (χ0) is 21.6. The van der Waals surface area contributed by atoms with E-state index < -0.39 is 5.60 Å². The summed E-state index contributed by atoms with van der Waals surface area (Å²) in [6, 6.07) is -0.143. The number of hydrazine groups is 1. The molecule has 0 aromatic rings. The number of likely N-dealkylation sites (tertiary alicyclic amines) is 1. The molecule has 0 aliphatic carbocycles. The predicted octanol–water partition coefficient (Wildman–Crippen LogP) is -0.357. The molecule has 0 saturated carbocycles. The van der Waals surface area contributed by atoms with Crippen LogP contribution < -0.4 is 5.43 Å². The summed E-state index contributed by atoms with van der Waals surface area (Å²) in [5.74, 6) is 0.0186. The Morgan fingerprint density at radius 3 is 2.57 bits per heavy atom. The highest BCUT2D eigenvalue weighted by Gasteiger charge is 2.49. The largest absolute Gasteiger partial charge is 0.444 e. The topological polar surface area (TPSA) is 94.7 Å². The molecule has 4 aliphatic heterocycles. The van der Waals surface area contributed by atoms with Gasteiger partial charge in [-0.15, -0.1) is 0 Å². The van der Waals surface area contributed by atoms with Gasteiger partial charge < -0.3 is 24.2 Å². The number of morpholine rings is 1. The van der Waals surface area contributed by atoms with Gasteiger partial charge in [0.25, 0.3) is 0 Å². The van der Waals surface area contributed by atoms with Crippen molar-refractivity contribution in [3.63, 3.8) is 0 Å². The Morgan fingerprint density at radius 2 is 1.87 bits per heavy atom. The summed E-state index contributed by atoms with van der Waals surface area (Å²) < 4.78 is 10.8. The fourth-order valence-corrected chi connectivity index (χ4v) is 4.91. The van der Waals surface area contributed by atoms with Crippen LogP contribution in [0.3, 0.4) is 0 Å². The second kappa shape index (κ2) is 7.97. The van der Waals surface area contributed by atoms with Crippen LogP contribution in [0.4, 0.5) is 4.79 Å². The highest BCUT2D eigenvalue weighted by molar-refractivity contribution is 5.83. The van der Waals surface area contributed by atoms with Gasteiger partial charge in [-0.3, -0.25) is 15.0 Å². The number of amides is 3. The molecule has 4 atom stereocenters. The number of hydrogen-bond acceptors (Lipinski definition) is 7. The third-order valence-corrected chi connectivity index (χ3v) is 6.35. The van der Waals surface area contributed by atoms with Gasteiger partial charge in [-0.1, -0.05) is 0 Å². The van der Waals surface area contributed by atoms with E-state index in [4.69, 9.17) is 9.47 Å². The summed E-state index contributed by atoms with van der Waals surface area (Å²) in [7, 11) is 0. The number of nitrogens with one attached hydrogen (secondary N) is 1. The van der Waals surface area contributed by atoms with E-state index in [1.807, 2.05) is 32.6 Å². The minimum absolute atomic E-state index is 0.00295. The molecule has 4 fully saturated rings. The highest BCUT2D eigenvalue weighted by atomic mass is 16.6. The Balaban J connectivity index is 1.44. The molecule has 4 aliphatic rings. The van der Waals surface area contributed by atoms with E-state index in [0.29, 0.717) is 45.8 Å². The SMILES string of the molecule is C[C@H]1CN2NCC(N3CC(N4CCOCC4=O)CC3=O)C2CN1C(=O)OC(C)(C)C. The number of ether oxygens (including phenoxy) is 2. The van der Waals surface area contributed by atoms with Crippen molar-refractivity contribution >= 4 is 17.9 Å². The van der Waals surface area contributed by atoms with E-state index in [0.717, 1.165) is 0 Å². The second-order valence-electron chi connectivity index (χ2n) is 9.67. The van der Waals surface area contributed by atoms with Crippen molar-refractivity contribution in [3.05, 3.63) is 0 Å². The molecule has 4 rings (SSSR count). The maximum Gasteiger partial charge on any atom is 0.410 e. The van der Waals surface area contributed by atoms with Crippen molar-refractivity contribution < 1.29 is 23.9 Å². The van der Waals surface area contributed by atoms with Crippen LogP contribution in [0.15, 0.2) is 0 Å². The first-order chi connectivity index (χ1) is 14.1. The summed E-state index contributed by atoms with van der Waals surface area (Å²) in [6.07, 6.45) is 0.0334. The molecule has 1 N–H and O–H groups in total. The molecule has 0 aromatic heterocycles. The van der Waals surface area contributed by atoms with Crippen molar-refractivity contribution in [2.75, 3.05) is 45.9 Å². The minimum atomic E-state index is -0.551. The molecule has 4 heterocycles. The maximum absolute atomic E-state index is 12.9. The van der Waals surface area contributed by atoms with E-state index in [-0.39, 0.29) is 48.7 Å². The third kappa shape index (κ3) is 4.13.